The Hall–Kier alpha value is -1.55. The van der Waals surface area contributed by atoms with Crippen LogP contribution >= 0.6 is 0 Å². The molecule has 0 spiro atoms. The van der Waals surface area contributed by atoms with Gasteiger partial charge in [0, 0.05) is 13.1 Å². The van der Waals surface area contributed by atoms with Crippen LogP contribution < -0.4 is 10.1 Å². The molecule has 1 aromatic carbocycles. The van der Waals surface area contributed by atoms with Crippen LogP contribution in [-0.2, 0) is 4.79 Å². The van der Waals surface area contributed by atoms with Crippen LogP contribution in [0, 0.1) is 5.92 Å². The van der Waals surface area contributed by atoms with E-state index in [0.717, 1.165) is 12.3 Å². The number of hydrogen-bond acceptors (Lipinski definition) is 3. The minimum atomic E-state index is -0.712. The fourth-order valence-corrected chi connectivity index (χ4v) is 2.26. The molecule has 4 heteroatoms. The number of rotatable bonds is 3. The van der Waals surface area contributed by atoms with Crippen molar-refractivity contribution in [3.8, 4) is 5.75 Å². The maximum atomic E-state index is 11.0. The first-order chi connectivity index (χ1) is 8.20. The quantitative estimate of drug-likeness (QED) is 0.864. The average Bonchev–Trinajstić information content (AvgIpc) is 2.39. The van der Waals surface area contributed by atoms with Crippen LogP contribution in [-0.4, -0.2) is 31.3 Å². The zero-order valence-electron chi connectivity index (χ0n) is 9.85. The van der Waals surface area contributed by atoms with Gasteiger partial charge < -0.3 is 15.2 Å². The minimum Gasteiger partial charge on any atom is -0.497 e. The number of carboxylic acids is 1. The van der Waals surface area contributed by atoms with Gasteiger partial charge in [-0.05, 0) is 30.0 Å². The van der Waals surface area contributed by atoms with Crippen LogP contribution in [0.15, 0.2) is 24.3 Å². The summed E-state index contributed by atoms with van der Waals surface area (Å²) in [5.41, 5.74) is 1.17. The van der Waals surface area contributed by atoms with Gasteiger partial charge in [-0.15, -0.1) is 0 Å². The third-order valence-electron chi connectivity index (χ3n) is 3.29. The lowest BCUT2D eigenvalue weighted by Crippen LogP contribution is -2.38. The van der Waals surface area contributed by atoms with Gasteiger partial charge in [0.15, 0.2) is 0 Å². The number of nitrogens with one attached hydrogen (secondary N) is 1. The van der Waals surface area contributed by atoms with Gasteiger partial charge in [-0.2, -0.15) is 0 Å². The van der Waals surface area contributed by atoms with E-state index in [2.05, 4.69) is 5.32 Å². The molecule has 1 heterocycles. The number of hydrogen-bond donors (Lipinski definition) is 2. The van der Waals surface area contributed by atoms with E-state index in [4.69, 9.17) is 9.84 Å². The SMILES string of the molecule is C.COc1ccc(C2CNCC(C(=O)O)C2)cc1. The van der Waals surface area contributed by atoms with Crippen molar-refractivity contribution in [3.05, 3.63) is 29.8 Å². The van der Waals surface area contributed by atoms with Crippen molar-refractivity contribution >= 4 is 5.97 Å². The lowest BCUT2D eigenvalue weighted by molar-refractivity contribution is -0.142. The van der Waals surface area contributed by atoms with Crippen LogP contribution in [0.3, 0.4) is 0 Å². The van der Waals surface area contributed by atoms with Crippen molar-refractivity contribution in [3.63, 3.8) is 0 Å². The second kappa shape index (κ2) is 6.40. The molecule has 0 amide bonds. The van der Waals surface area contributed by atoms with E-state index in [1.807, 2.05) is 24.3 Å². The number of aliphatic carboxylic acids is 1. The summed E-state index contributed by atoms with van der Waals surface area (Å²) < 4.78 is 5.11. The molecule has 1 aliphatic rings. The van der Waals surface area contributed by atoms with Crippen LogP contribution in [0.1, 0.15) is 25.3 Å². The van der Waals surface area contributed by atoms with Gasteiger partial charge >= 0.3 is 5.97 Å². The second-order valence-corrected chi connectivity index (χ2v) is 4.40. The first-order valence-electron chi connectivity index (χ1n) is 5.78. The van der Waals surface area contributed by atoms with Gasteiger partial charge in [0.1, 0.15) is 5.75 Å². The highest BCUT2D eigenvalue weighted by Gasteiger charge is 2.27. The van der Waals surface area contributed by atoms with E-state index in [0.29, 0.717) is 13.0 Å². The Kier molecular flexibility index (Phi) is 5.16. The van der Waals surface area contributed by atoms with Gasteiger partial charge in [-0.25, -0.2) is 0 Å². The molecule has 18 heavy (non-hydrogen) atoms. The van der Waals surface area contributed by atoms with Gasteiger partial charge in [-0.3, -0.25) is 4.79 Å². The summed E-state index contributed by atoms with van der Waals surface area (Å²) in [5, 5.41) is 12.2. The van der Waals surface area contributed by atoms with E-state index in [9.17, 15) is 4.79 Å². The van der Waals surface area contributed by atoms with Crippen molar-refractivity contribution in [1.29, 1.82) is 0 Å². The molecule has 0 aromatic heterocycles. The molecule has 1 saturated heterocycles. The van der Waals surface area contributed by atoms with Crippen molar-refractivity contribution in [2.75, 3.05) is 20.2 Å². The Bertz CT molecular complexity index is 389. The number of piperidine rings is 1. The molecule has 2 unspecified atom stereocenters. The van der Waals surface area contributed by atoms with Crippen LogP contribution in [0.5, 0.6) is 5.75 Å². The Morgan fingerprint density at radius 1 is 1.33 bits per heavy atom. The Balaban J connectivity index is 0.00000162. The van der Waals surface area contributed by atoms with Gasteiger partial charge in [0.2, 0.25) is 0 Å². The largest absolute Gasteiger partial charge is 0.497 e. The summed E-state index contributed by atoms with van der Waals surface area (Å²) in [6.07, 6.45) is 0.703. The van der Waals surface area contributed by atoms with Crippen LogP contribution in [0.4, 0.5) is 0 Å². The third-order valence-corrected chi connectivity index (χ3v) is 3.29. The van der Waals surface area contributed by atoms with Crippen LogP contribution in [0.2, 0.25) is 0 Å². The molecule has 2 atom stereocenters. The van der Waals surface area contributed by atoms with Crippen LogP contribution in [0.25, 0.3) is 0 Å². The molecule has 0 radical (unpaired) electrons. The first-order valence-corrected chi connectivity index (χ1v) is 5.78. The minimum absolute atomic E-state index is 0. The molecule has 0 bridgehead atoms. The second-order valence-electron chi connectivity index (χ2n) is 4.40. The molecule has 0 saturated carbocycles. The molecule has 1 fully saturated rings. The highest BCUT2D eigenvalue weighted by atomic mass is 16.5. The van der Waals surface area contributed by atoms with Gasteiger partial charge in [0.25, 0.3) is 0 Å². The highest BCUT2D eigenvalue weighted by molar-refractivity contribution is 5.70. The number of carbonyl (C=O) groups is 1. The molecule has 0 aliphatic carbocycles. The number of carboxylic acid groups (broad SMARTS) is 1. The Morgan fingerprint density at radius 2 is 2.00 bits per heavy atom. The summed E-state index contributed by atoms with van der Waals surface area (Å²) in [6.45, 7) is 1.41. The predicted molar refractivity (Wildman–Crippen MR) is 71.1 cm³/mol. The average molecular weight is 251 g/mol. The smallest absolute Gasteiger partial charge is 0.307 e. The summed E-state index contributed by atoms with van der Waals surface area (Å²) in [6, 6.07) is 7.85. The first kappa shape index (κ1) is 14.5. The number of ether oxygens (including phenoxy) is 1. The zero-order chi connectivity index (χ0) is 12.3. The van der Waals surface area contributed by atoms with Gasteiger partial charge in [0.05, 0.1) is 13.0 Å². The van der Waals surface area contributed by atoms with E-state index in [1.165, 1.54) is 5.56 Å². The summed E-state index contributed by atoms with van der Waals surface area (Å²) in [5.74, 6) is 0.106. The fourth-order valence-electron chi connectivity index (χ4n) is 2.26. The van der Waals surface area contributed by atoms with Crippen molar-refractivity contribution < 1.29 is 14.6 Å². The van der Waals surface area contributed by atoms with Gasteiger partial charge in [-0.1, -0.05) is 19.6 Å². The normalized spacial score (nSPS) is 22.9. The molecule has 1 aliphatic heterocycles. The number of methoxy groups -OCH3 is 1. The molecular weight excluding hydrogens is 230 g/mol. The fraction of sp³-hybridized carbons (Fsp3) is 0.500. The van der Waals surface area contributed by atoms with Crippen molar-refractivity contribution in [1.82, 2.24) is 5.32 Å². The summed E-state index contributed by atoms with van der Waals surface area (Å²) >= 11 is 0. The topological polar surface area (TPSA) is 58.6 Å². The van der Waals surface area contributed by atoms with Crippen molar-refractivity contribution in [2.24, 2.45) is 5.92 Å². The third kappa shape index (κ3) is 3.23. The predicted octanol–water partition coefficient (Wildman–Crippen LogP) is 2.11. The molecule has 2 N–H and O–H groups in total. The monoisotopic (exact) mass is 251 g/mol. The summed E-state index contributed by atoms with van der Waals surface area (Å²) in [4.78, 5) is 11.0. The van der Waals surface area contributed by atoms with E-state index >= 15 is 0 Å². The lowest BCUT2D eigenvalue weighted by atomic mass is 9.85. The van der Waals surface area contributed by atoms with E-state index < -0.39 is 5.97 Å². The maximum Gasteiger partial charge on any atom is 0.307 e. The van der Waals surface area contributed by atoms with E-state index in [1.54, 1.807) is 7.11 Å². The van der Waals surface area contributed by atoms with E-state index in [-0.39, 0.29) is 19.3 Å². The standard InChI is InChI=1S/C13H17NO3.CH4/c1-17-12-4-2-9(3-5-12)10-6-11(13(15)16)8-14-7-10;/h2-5,10-11,14H,6-8H2,1H3,(H,15,16);1H4. The Morgan fingerprint density at radius 3 is 2.56 bits per heavy atom. The molecule has 1 aromatic rings. The van der Waals surface area contributed by atoms with Crippen molar-refractivity contribution in [2.45, 2.75) is 19.8 Å². The lowest BCUT2D eigenvalue weighted by Gasteiger charge is -2.28. The Labute approximate surface area is 108 Å². The summed E-state index contributed by atoms with van der Waals surface area (Å²) in [7, 11) is 1.64. The maximum absolute atomic E-state index is 11.0. The molecular formula is C14H21NO3. The number of benzene rings is 1. The zero-order valence-corrected chi connectivity index (χ0v) is 9.85. The molecule has 2 rings (SSSR count). The highest BCUT2D eigenvalue weighted by Crippen LogP contribution is 2.27. The molecule has 4 nitrogen and oxygen atoms in total. The molecule has 100 valence electrons.